The number of hydrogen-bond acceptors (Lipinski definition) is 7. The first-order valence-corrected chi connectivity index (χ1v) is 22.1. The Morgan fingerprint density at radius 2 is 0.808 bits per heavy atom. The first-order valence-electron chi connectivity index (χ1n) is 22.1. The number of rotatable bonds is 41. The Morgan fingerprint density at radius 1 is 0.481 bits per heavy atom. The topological polar surface area (TPSA) is 133 Å². The summed E-state index contributed by atoms with van der Waals surface area (Å²) in [6.07, 6.45) is 37.1. The molecule has 0 saturated carbocycles. The van der Waals surface area contributed by atoms with Gasteiger partial charge in [-0.2, -0.15) is 0 Å². The molecule has 306 valence electrons. The SMILES string of the molecule is CCCCCCCCCCCCCCCCCC(=O)OCC(CCC(=O)C(N)CC(=O)O)OC(=O)CCCCCCCCCCCCCCCCC. The molecule has 8 nitrogen and oxygen atoms in total. The monoisotopic (exact) mass is 738 g/mol. The summed E-state index contributed by atoms with van der Waals surface area (Å²) in [5, 5.41) is 8.95. The highest BCUT2D eigenvalue weighted by atomic mass is 16.6. The quantitative estimate of drug-likeness (QED) is 0.0468. The van der Waals surface area contributed by atoms with Crippen LogP contribution in [0.4, 0.5) is 0 Å². The van der Waals surface area contributed by atoms with E-state index in [2.05, 4.69) is 13.8 Å². The van der Waals surface area contributed by atoms with E-state index in [-0.39, 0.29) is 37.8 Å². The normalized spacial score (nSPS) is 12.4. The summed E-state index contributed by atoms with van der Waals surface area (Å²) < 4.78 is 11.1. The minimum absolute atomic E-state index is 0.0397. The molecule has 0 spiro atoms. The van der Waals surface area contributed by atoms with Crippen molar-refractivity contribution in [3.63, 3.8) is 0 Å². The predicted octanol–water partition coefficient (Wildman–Crippen LogP) is 12.1. The average Bonchev–Trinajstić information content (AvgIpc) is 3.12. The van der Waals surface area contributed by atoms with E-state index in [9.17, 15) is 19.2 Å². The third-order valence-electron chi connectivity index (χ3n) is 10.2. The molecule has 0 aromatic carbocycles. The second-order valence-electron chi connectivity index (χ2n) is 15.4. The number of hydrogen-bond donors (Lipinski definition) is 2. The predicted molar refractivity (Wildman–Crippen MR) is 214 cm³/mol. The number of ether oxygens (including phenoxy) is 2. The van der Waals surface area contributed by atoms with Crippen LogP contribution in [0, 0.1) is 0 Å². The van der Waals surface area contributed by atoms with E-state index in [1.165, 1.54) is 154 Å². The molecule has 0 rings (SSSR count). The molecule has 0 saturated heterocycles. The molecular formula is C44H83NO7. The van der Waals surface area contributed by atoms with Crippen molar-refractivity contribution in [1.82, 2.24) is 0 Å². The first kappa shape index (κ1) is 50.0. The minimum atomic E-state index is -1.14. The molecule has 0 amide bonds. The number of Topliss-reactive ketones (excluding diaryl/α,β-unsaturated/α-hetero) is 1. The van der Waals surface area contributed by atoms with Crippen molar-refractivity contribution in [3.8, 4) is 0 Å². The molecule has 0 aliphatic carbocycles. The van der Waals surface area contributed by atoms with Crippen LogP contribution in [0.5, 0.6) is 0 Å². The second-order valence-corrected chi connectivity index (χ2v) is 15.4. The number of unbranched alkanes of at least 4 members (excludes halogenated alkanes) is 28. The number of carbonyl (C=O) groups is 4. The maximum absolute atomic E-state index is 12.6. The van der Waals surface area contributed by atoms with Gasteiger partial charge in [-0.05, 0) is 19.3 Å². The lowest BCUT2D eigenvalue weighted by Crippen LogP contribution is -2.34. The van der Waals surface area contributed by atoms with Crippen LogP contribution in [0.15, 0.2) is 0 Å². The Bertz CT molecular complexity index is 848. The van der Waals surface area contributed by atoms with Crippen LogP contribution in [0.2, 0.25) is 0 Å². The van der Waals surface area contributed by atoms with Crippen molar-refractivity contribution >= 4 is 23.7 Å². The summed E-state index contributed by atoms with van der Waals surface area (Å²) >= 11 is 0. The summed E-state index contributed by atoms with van der Waals surface area (Å²) in [6, 6.07) is -1.11. The molecule has 2 unspecified atom stereocenters. The summed E-state index contributed by atoms with van der Waals surface area (Å²) in [4.78, 5) is 48.4. The highest BCUT2D eigenvalue weighted by Gasteiger charge is 2.22. The second kappa shape index (κ2) is 38.8. The van der Waals surface area contributed by atoms with Gasteiger partial charge in [0.05, 0.1) is 12.5 Å². The third-order valence-corrected chi connectivity index (χ3v) is 10.2. The summed E-state index contributed by atoms with van der Waals surface area (Å²) in [5.74, 6) is -2.23. The van der Waals surface area contributed by atoms with Gasteiger partial charge in [0, 0.05) is 19.3 Å². The number of esters is 2. The van der Waals surface area contributed by atoms with Gasteiger partial charge in [-0.3, -0.25) is 19.2 Å². The fourth-order valence-electron chi connectivity index (χ4n) is 6.75. The zero-order valence-corrected chi connectivity index (χ0v) is 34.1. The Morgan fingerprint density at radius 3 is 1.15 bits per heavy atom. The molecule has 3 N–H and O–H groups in total. The fourth-order valence-corrected chi connectivity index (χ4v) is 6.75. The molecule has 0 fully saturated rings. The van der Waals surface area contributed by atoms with E-state index in [0.717, 1.165) is 38.5 Å². The largest absolute Gasteiger partial charge is 0.481 e. The van der Waals surface area contributed by atoms with E-state index in [0.29, 0.717) is 6.42 Å². The van der Waals surface area contributed by atoms with Crippen molar-refractivity contribution in [2.45, 2.75) is 251 Å². The van der Waals surface area contributed by atoms with Crippen LogP contribution in [0.1, 0.15) is 239 Å². The molecule has 8 heteroatoms. The van der Waals surface area contributed by atoms with Crippen LogP contribution in [-0.4, -0.2) is 47.6 Å². The molecule has 0 aromatic rings. The Hall–Kier alpha value is -1.96. The number of nitrogens with two attached hydrogens (primary N) is 1. The van der Waals surface area contributed by atoms with Gasteiger partial charge in [0.25, 0.3) is 0 Å². The highest BCUT2D eigenvalue weighted by Crippen LogP contribution is 2.16. The maximum Gasteiger partial charge on any atom is 0.306 e. The molecule has 0 bridgehead atoms. The molecular weight excluding hydrogens is 654 g/mol. The van der Waals surface area contributed by atoms with Crippen molar-refractivity contribution in [3.05, 3.63) is 0 Å². The van der Waals surface area contributed by atoms with Crippen molar-refractivity contribution in [2.75, 3.05) is 6.61 Å². The summed E-state index contributed by atoms with van der Waals surface area (Å²) in [7, 11) is 0. The lowest BCUT2D eigenvalue weighted by atomic mass is 10.0. The molecule has 0 aliphatic rings. The molecule has 2 atom stereocenters. The van der Waals surface area contributed by atoms with Gasteiger partial charge in [0.15, 0.2) is 0 Å². The number of ketones is 1. The summed E-state index contributed by atoms with van der Waals surface area (Å²) in [6.45, 7) is 4.41. The van der Waals surface area contributed by atoms with Crippen molar-refractivity contribution in [1.29, 1.82) is 0 Å². The molecule has 0 aromatic heterocycles. The zero-order valence-electron chi connectivity index (χ0n) is 34.1. The number of carboxylic acids is 1. The van der Waals surface area contributed by atoms with Crippen molar-refractivity contribution < 1.29 is 33.8 Å². The van der Waals surface area contributed by atoms with Gasteiger partial charge < -0.3 is 20.3 Å². The minimum Gasteiger partial charge on any atom is -0.481 e. The Labute approximate surface area is 319 Å². The summed E-state index contributed by atoms with van der Waals surface area (Å²) in [5.41, 5.74) is 5.72. The highest BCUT2D eigenvalue weighted by molar-refractivity contribution is 5.87. The van der Waals surface area contributed by atoms with E-state index >= 15 is 0 Å². The third kappa shape index (κ3) is 36.4. The lowest BCUT2D eigenvalue weighted by Gasteiger charge is -2.18. The number of aliphatic carboxylic acids is 1. The smallest absolute Gasteiger partial charge is 0.306 e. The van der Waals surface area contributed by atoms with Gasteiger partial charge in [0.1, 0.15) is 18.5 Å². The Balaban J connectivity index is 4.17. The van der Waals surface area contributed by atoms with E-state index < -0.39 is 30.3 Å². The van der Waals surface area contributed by atoms with Crippen LogP contribution in [-0.2, 0) is 28.7 Å². The van der Waals surface area contributed by atoms with Crippen molar-refractivity contribution in [2.24, 2.45) is 5.73 Å². The molecule has 0 heterocycles. The first-order chi connectivity index (χ1) is 25.3. The molecule has 0 aliphatic heterocycles. The Kier molecular flexibility index (Phi) is 37.3. The fraction of sp³-hybridized carbons (Fsp3) is 0.909. The van der Waals surface area contributed by atoms with Gasteiger partial charge in [0.2, 0.25) is 0 Å². The molecule has 52 heavy (non-hydrogen) atoms. The number of carbonyl (C=O) groups excluding carboxylic acids is 3. The van der Waals surface area contributed by atoms with Gasteiger partial charge in [-0.15, -0.1) is 0 Å². The maximum atomic E-state index is 12.6. The van der Waals surface area contributed by atoms with Gasteiger partial charge in [-0.25, -0.2) is 0 Å². The van der Waals surface area contributed by atoms with E-state index in [1.54, 1.807) is 0 Å². The lowest BCUT2D eigenvalue weighted by molar-refractivity contribution is -0.160. The standard InChI is InChI=1S/C44H83NO7/c1-3-5-7-9-11-13-15-17-19-21-23-25-27-29-31-33-43(49)51-38-39(35-36-41(46)40(45)37-42(47)48)52-44(50)34-32-30-28-26-24-22-20-18-16-14-12-10-8-6-4-2/h39-40H,3-38,45H2,1-2H3,(H,47,48). The van der Waals surface area contributed by atoms with Crippen LogP contribution >= 0.6 is 0 Å². The van der Waals surface area contributed by atoms with Gasteiger partial charge >= 0.3 is 17.9 Å². The zero-order chi connectivity index (χ0) is 38.3. The van der Waals surface area contributed by atoms with Crippen LogP contribution in [0.25, 0.3) is 0 Å². The van der Waals surface area contributed by atoms with E-state index in [1.807, 2.05) is 0 Å². The molecule has 0 radical (unpaired) electrons. The number of carboxylic acid groups (broad SMARTS) is 1. The van der Waals surface area contributed by atoms with Gasteiger partial charge in [-0.1, -0.05) is 194 Å². The average molecular weight is 738 g/mol. The van der Waals surface area contributed by atoms with Crippen LogP contribution < -0.4 is 5.73 Å². The van der Waals surface area contributed by atoms with Crippen LogP contribution in [0.3, 0.4) is 0 Å². The van der Waals surface area contributed by atoms with E-state index in [4.69, 9.17) is 20.3 Å².